The molecular weight excluding hydrogens is 256 g/mol. The lowest BCUT2D eigenvalue weighted by molar-refractivity contribution is -0.135. The van der Waals surface area contributed by atoms with E-state index in [0.717, 1.165) is 6.42 Å². The summed E-state index contributed by atoms with van der Waals surface area (Å²) in [4.78, 5) is 13.6. The maximum atomic E-state index is 12.1. The summed E-state index contributed by atoms with van der Waals surface area (Å²) in [6.45, 7) is 1.90. The third kappa shape index (κ3) is 3.93. The Balaban J connectivity index is 2.73. The maximum absolute atomic E-state index is 12.1. The summed E-state index contributed by atoms with van der Waals surface area (Å²) >= 11 is 0. The molecule has 0 bridgehead atoms. The third-order valence-electron chi connectivity index (χ3n) is 3.19. The topological polar surface area (TPSA) is 101 Å². The van der Waals surface area contributed by atoms with Crippen molar-refractivity contribution in [2.45, 2.75) is 38.3 Å². The SMILES string of the molecule is CCC[C@H](N)C(=O)N(CCO)C1CCS(=O)(=O)C1. The van der Waals surface area contributed by atoms with Gasteiger partial charge < -0.3 is 15.7 Å². The van der Waals surface area contributed by atoms with E-state index in [1.807, 2.05) is 6.92 Å². The van der Waals surface area contributed by atoms with Gasteiger partial charge in [-0.15, -0.1) is 0 Å². The average molecular weight is 278 g/mol. The number of carbonyl (C=O) groups excluding carboxylic acids is 1. The van der Waals surface area contributed by atoms with Crippen molar-refractivity contribution in [1.82, 2.24) is 4.90 Å². The van der Waals surface area contributed by atoms with E-state index in [0.29, 0.717) is 12.8 Å². The summed E-state index contributed by atoms with van der Waals surface area (Å²) in [6.07, 6.45) is 1.80. The molecule has 0 aromatic heterocycles. The monoisotopic (exact) mass is 278 g/mol. The number of aliphatic hydroxyl groups excluding tert-OH is 1. The van der Waals surface area contributed by atoms with Crippen molar-refractivity contribution in [3.63, 3.8) is 0 Å². The molecule has 2 atom stereocenters. The highest BCUT2D eigenvalue weighted by Gasteiger charge is 2.35. The Hall–Kier alpha value is -0.660. The molecule has 1 amide bonds. The minimum absolute atomic E-state index is 0.0163. The summed E-state index contributed by atoms with van der Waals surface area (Å²) in [6, 6.07) is -0.942. The first-order valence-corrected chi connectivity index (χ1v) is 8.10. The molecule has 0 aromatic carbocycles. The number of nitrogens with two attached hydrogens (primary N) is 1. The van der Waals surface area contributed by atoms with E-state index in [4.69, 9.17) is 10.8 Å². The number of amides is 1. The number of rotatable bonds is 6. The summed E-state index contributed by atoms with van der Waals surface area (Å²) in [5.41, 5.74) is 5.77. The molecule has 3 N–H and O–H groups in total. The van der Waals surface area contributed by atoms with Gasteiger partial charge in [0.25, 0.3) is 0 Å². The van der Waals surface area contributed by atoms with Crippen LogP contribution in [0.4, 0.5) is 0 Å². The largest absolute Gasteiger partial charge is 0.395 e. The molecule has 7 heteroatoms. The Morgan fingerprint density at radius 1 is 1.56 bits per heavy atom. The van der Waals surface area contributed by atoms with Crippen LogP contribution in [0.25, 0.3) is 0 Å². The Morgan fingerprint density at radius 2 is 2.22 bits per heavy atom. The number of carbonyl (C=O) groups is 1. The maximum Gasteiger partial charge on any atom is 0.239 e. The van der Waals surface area contributed by atoms with Crippen LogP contribution in [0.3, 0.4) is 0 Å². The predicted octanol–water partition coefficient (Wildman–Crippen LogP) is -0.878. The molecule has 1 fully saturated rings. The Morgan fingerprint density at radius 3 is 2.67 bits per heavy atom. The van der Waals surface area contributed by atoms with Crippen LogP contribution >= 0.6 is 0 Å². The van der Waals surface area contributed by atoms with Gasteiger partial charge in [-0.2, -0.15) is 0 Å². The van der Waals surface area contributed by atoms with Crippen LogP contribution in [0.1, 0.15) is 26.2 Å². The molecule has 0 aromatic rings. The van der Waals surface area contributed by atoms with Crippen LogP contribution in [-0.2, 0) is 14.6 Å². The highest BCUT2D eigenvalue weighted by atomic mass is 32.2. The number of hydrogen-bond acceptors (Lipinski definition) is 5. The minimum Gasteiger partial charge on any atom is -0.395 e. The van der Waals surface area contributed by atoms with E-state index < -0.39 is 15.9 Å². The van der Waals surface area contributed by atoms with Crippen molar-refractivity contribution in [2.75, 3.05) is 24.7 Å². The van der Waals surface area contributed by atoms with Crippen molar-refractivity contribution < 1.29 is 18.3 Å². The fourth-order valence-electron chi connectivity index (χ4n) is 2.25. The lowest BCUT2D eigenvalue weighted by Crippen LogP contribution is -2.50. The second-order valence-corrected chi connectivity index (χ2v) is 6.94. The predicted molar refractivity (Wildman–Crippen MR) is 68.7 cm³/mol. The summed E-state index contributed by atoms with van der Waals surface area (Å²) < 4.78 is 22.9. The molecule has 0 spiro atoms. The van der Waals surface area contributed by atoms with E-state index in [2.05, 4.69) is 0 Å². The smallest absolute Gasteiger partial charge is 0.239 e. The van der Waals surface area contributed by atoms with Gasteiger partial charge in [0.15, 0.2) is 9.84 Å². The first-order chi connectivity index (χ1) is 8.41. The lowest BCUT2D eigenvalue weighted by atomic mass is 10.1. The molecule has 18 heavy (non-hydrogen) atoms. The van der Waals surface area contributed by atoms with Gasteiger partial charge in [-0.1, -0.05) is 13.3 Å². The lowest BCUT2D eigenvalue weighted by Gasteiger charge is -2.30. The van der Waals surface area contributed by atoms with Crippen LogP contribution in [0.15, 0.2) is 0 Å². The second-order valence-electron chi connectivity index (χ2n) is 4.71. The van der Waals surface area contributed by atoms with E-state index in [9.17, 15) is 13.2 Å². The zero-order chi connectivity index (χ0) is 13.8. The van der Waals surface area contributed by atoms with Crippen molar-refractivity contribution in [3.05, 3.63) is 0 Å². The van der Waals surface area contributed by atoms with Crippen molar-refractivity contribution in [2.24, 2.45) is 5.73 Å². The summed E-state index contributed by atoms with van der Waals surface area (Å²) in [5, 5.41) is 9.00. The van der Waals surface area contributed by atoms with Gasteiger partial charge in [0, 0.05) is 12.6 Å². The summed E-state index contributed by atoms with van der Waals surface area (Å²) in [5.74, 6) is -0.166. The van der Waals surface area contributed by atoms with Crippen molar-refractivity contribution in [3.8, 4) is 0 Å². The molecular formula is C11H22N2O4S. The number of sulfone groups is 1. The molecule has 1 rings (SSSR count). The molecule has 1 aliphatic rings. The van der Waals surface area contributed by atoms with Crippen LogP contribution in [0.2, 0.25) is 0 Å². The van der Waals surface area contributed by atoms with E-state index in [1.54, 1.807) is 0 Å². The van der Waals surface area contributed by atoms with Crippen LogP contribution in [-0.4, -0.2) is 61.1 Å². The van der Waals surface area contributed by atoms with Gasteiger partial charge >= 0.3 is 0 Å². The molecule has 1 aliphatic heterocycles. The first-order valence-electron chi connectivity index (χ1n) is 6.28. The fourth-order valence-corrected chi connectivity index (χ4v) is 3.98. The van der Waals surface area contributed by atoms with Crippen LogP contribution in [0.5, 0.6) is 0 Å². The van der Waals surface area contributed by atoms with Crippen LogP contribution < -0.4 is 5.73 Å². The molecule has 1 saturated heterocycles. The molecule has 106 valence electrons. The Labute approximate surface area is 108 Å². The molecule has 0 radical (unpaired) electrons. The number of nitrogens with zero attached hydrogens (tertiary/aromatic N) is 1. The summed E-state index contributed by atoms with van der Waals surface area (Å²) in [7, 11) is -3.05. The van der Waals surface area contributed by atoms with Gasteiger partial charge in [-0.3, -0.25) is 4.79 Å². The van der Waals surface area contributed by atoms with Crippen LogP contribution in [0, 0.1) is 0 Å². The molecule has 6 nitrogen and oxygen atoms in total. The minimum atomic E-state index is -3.05. The third-order valence-corrected chi connectivity index (χ3v) is 4.94. The first kappa shape index (κ1) is 15.4. The van der Waals surface area contributed by atoms with E-state index in [1.165, 1.54) is 4.90 Å². The van der Waals surface area contributed by atoms with Gasteiger partial charge in [0.2, 0.25) is 5.91 Å². The normalized spacial score (nSPS) is 23.8. The van der Waals surface area contributed by atoms with Gasteiger partial charge in [0.1, 0.15) is 0 Å². The zero-order valence-electron chi connectivity index (χ0n) is 10.7. The standard InChI is InChI=1S/C11H22N2O4S/c1-2-3-10(12)11(15)13(5-6-14)9-4-7-18(16,17)8-9/h9-10,14H,2-8,12H2,1H3/t9?,10-/m0/s1. The van der Waals surface area contributed by atoms with Gasteiger partial charge in [-0.05, 0) is 12.8 Å². The number of aliphatic hydroxyl groups is 1. The van der Waals surface area contributed by atoms with Crippen molar-refractivity contribution in [1.29, 1.82) is 0 Å². The van der Waals surface area contributed by atoms with Crippen molar-refractivity contribution >= 4 is 15.7 Å². The number of hydrogen-bond donors (Lipinski definition) is 2. The molecule has 0 saturated carbocycles. The van der Waals surface area contributed by atoms with Gasteiger partial charge in [0.05, 0.1) is 24.2 Å². The second kappa shape index (κ2) is 6.49. The fraction of sp³-hybridized carbons (Fsp3) is 0.909. The Kier molecular flexibility index (Phi) is 5.55. The highest BCUT2D eigenvalue weighted by molar-refractivity contribution is 7.91. The highest BCUT2D eigenvalue weighted by Crippen LogP contribution is 2.18. The van der Waals surface area contributed by atoms with E-state index in [-0.39, 0.29) is 36.6 Å². The van der Waals surface area contributed by atoms with E-state index >= 15 is 0 Å². The molecule has 1 unspecified atom stereocenters. The van der Waals surface area contributed by atoms with Gasteiger partial charge in [-0.25, -0.2) is 8.42 Å². The molecule has 1 heterocycles. The Bertz CT molecular complexity index is 383. The molecule has 0 aliphatic carbocycles. The quantitative estimate of drug-likeness (QED) is 0.657. The zero-order valence-corrected chi connectivity index (χ0v) is 11.5. The average Bonchev–Trinajstić information content (AvgIpc) is 2.66.